The minimum atomic E-state index is -3.61. The van der Waals surface area contributed by atoms with Crippen molar-refractivity contribution in [2.45, 2.75) is 18.2 Å². The summed E-state index contributed by atoms with van der Waals surface area (Å²) in [6.45, 7) is 2.67. The number of nitrogens with zero attached hydrogens (tertiary/aromatic N) is 3. The minimum absolute atomic E-state index is 0.132. The number of hydrogen-bond acceptors (Lipinski definition) is 5. The number of anilines is 1. The van der Waals surface area contributed by atoms with Crippen LogP contribution >= 0.6 is 0 Å². The second-order valence-corrected chi connectivity index (χ2v) is 5.65. The van der Waals surface area contributed by atoms with E-state index < -0.39 is 10.0 Å². The average molecular weight is 268 g/mol. The van der Waals surface area contributed by atoms with E-state index in [0.29, 0.717) is 12.2 Å². The van der Waals surface area contributed by atoms with Crippen molar-refractivity contribution in [2.24, 2.45) is 0 Å². The Morgan fingerprint density at radius 2 is 2.28 bits per heavy atom. The van der Waals surface area contributed by atoms with Crippen molar-refractivity contribution < 1.29 is 8.42 Å². The lowest BCUT2D eigenvalue weighted by molar-refractivity contribution is 0.476. The smallest absolute Gasteiger partial charge is 0.246 e. The van der Waals surface area contributed by atoms with Crippen molar-refractivity contribution in [3.63, 3.8) is 0 Å². The molecule has 0 spiro atoms. The SMILES string of the molecule is CCNc1ccncc1S(=O)(=O)N(C)CCC#N. The highest BCUT2D eigenvalue weighted by molar-refractivity contribution is 7.89. The van der Waals surface area contributed by atoms with Crippen molar-refractivity contribution in [2.75, 3.05) is 25.5 Å². The molecule has 0 bridgehead atoms. The van der Waals surface area contributed by atoms with Gasteiger partial charge >= 0.3 is 0 Å². The van der Waals surface area contributed by atoms with Gasteiger partial charge in [0.15, 0.2) is 0 Å². The van der Waals surface area contributed by atoms with E-state index in [1.807, 2.05) is 13.0 Å². The topological polar surface area (TPSA) is 86.1 Å². The summed E-state index contributed by atoms with van der Waals surface area (Å²) in [5.41, 5.74) is 0.524. The number of nitriles is 1. The van der Waals surface area contributed by atoms with Gasteiger partial charge in [0, 0.05) is 39.0 Å². The predicted octanol–water partition coefficient (Wildman–Crippen LogP) is 1.05. The summed E-state index contributed by atoms with van der Waals surface area (Å²) < 4.78 is 25.7. The molecular weight excluding hydrogens is 252 g/mol. The molecule has 0 aliphatic rings. The van der Waals surface area contributed by atoms with Gasteiger partial charge in [0.05, 0.1) is 11.8 Å². The monoisotopic (exact) mass is 268 g/mol. The van der Waals surface area contributed by atoms with Crippen molar-refractivity contribution in [3.8, 4) is 6.07 Å². The Kier molecular flexibility index (Phi) is 5.07. The third kappa shape index (κ3) is 3.18. The predicted molar refractivity (Wildman–Crippen MR) is 68.4 cm³/mol. The average Bonchev–Trinajstić information content (AvgIpc) is 2.36. The Bertz CT molecular complexity index is 536. The van der Waals surface area contributed by atoms with Gasteiger partial charge in [-0.25, -0.2) is 8.42 Å². The van der Waals surface area contributed by atoms with Gasteiger partial charge in [-0.2, -0.15) is 9.57 Å². The number of pyridine rings is 1. The largest absolute Gasteiger partial charge is 0.384 e. The first-order chi connectivity index (χ1) is 8.54. The van der Waals surface area contributed by atoms with Crippen molar-refractivity contribution in [3.05, 3.63) is 18.5 Å². The van der Waals surface area contributed by atoms with E-state index >= 15 is 0 Å². The Morgan fingerprint density at radius 3 is 2.89 bits per heavy atom. The summed E-state index contributed by atoms with van der Waals surface area (Å²) in [7, 11) is -2.15. The number of aromatic nitrogens is 1. The maximum absolute atomic E-state index is 12.3. The van der Waals surface area contributed by atoms with Crippen LogP contribution in [0.25, 0.3) is 0 Å². The van der Waals surface area contributed by atoms with Crippen LogP contribution in [0.15, 0.2) is 23.4 Å². The zero-order valence-electron chi connectivity index (χ0n) is 10.4. The molecule has 0 aromatic carbocycles. The zero-order valence-corrected chi connectivity index (χ0v) is 11.2. The lowest BCUT2D eigenvalue weighted by Gasteiger charge is -2.18. The van der Waals surface area contributed by atoms with Crippen LogP contribution < -0.4 is 5.32 Å². The van der Waals surface area contributed by atoms with E-state index in [0.717, 1.165) is 4.31 Å². The molecule has 0 fully saturated rings. The van der Waals surface area contributed by atoms with Crippen LogP contribution in [0, 0.1) is 11.3 Å². The lowest BCUT2D eigenvalue weighted by atomic mass is 10.4. The van der Waals surface area contributed by atoms with Gasteiger partial charge in [-0.15, -0.1) is 0 Å². The standard InChI is InChI=1S/C11H16N4O2S/c1-3-14-10-5-7-13-9-11(10)18(16,17)15(2)8-4-6-12/h5,7,9H,3-4,8H2,1-2H3,(H,13,14). The van der Waals surface area contributed by atoms with Crippen LogP contribution in [-0.2, 0) is 10.0 Å². The third-order valence-corrected chi connectivity index (χ3v) is 4.26. The molecule has 98 valence electrons. The number of rotatable bonds is 6. The van der Waals surface area contributed by atoms with Gasteiger partial charge in [-0.1, -0.05) is 0 Å². The molecule has 0 aliphatic heterocycles. The van der Waals surface area contributed by atoms with Gasteiger partial charge < -0.3 is 5.32 Å². The molecule has 7 heteroatoms. The van der Waals surface area contributed by atoms with Crippen LogP contribution in [0.4, 0.5) is 5.69 Å². The van der Waals surface area contributed by atoms with E-state index in [2.05, 4.69) is 10.3 Å². The summed E-state index contributed by atoms with van der Waals surface area (Å²) in [6, 6.07) is 3.54. The fraction of sp³-hybridized carbons (Fsp3) is 0.455. The summed E-state index contributed by atoms with van der Waals surface area (Å²) in [4.78, 5) is 3.98. The zero-order chi connectivity index (χ0) is 13.6. The summed E-state index contributed by atoms with van der Waals surface area (Å²) in [6.07, 6.45) is 3.01. The molecule has 1 aromatic heterocycles. The highest BCUT2D eigenvalue weighted by Crippen LogP contribution is 2.22. The second-order valence-electron chi connectivity index (χ2n) is 3.64. The molecule has 1 N–H and O–H groups in total. The summed E-state index contributed by atoms with van der Waals surface area (Å²) in [5.74, 6) is 0. The number of sulfonamides is 1. The Labute approximate surface area is 107 Å². The Hall–Kier alpha value is -1.65. The molecule has 0 amide bonds. The van der Waals surface area contributed by atoms with E-state index in [-0.39, 0.29) is 17.9 Å². The molecule has 0 unspecified atom stereocenters. The molecule has 0 atom stereocenters. The van der Waals surface area contributed by atoms with Crippen molar-refractivity contribution in [1.29, 1.82) is 5.26 Å². The third-order valence-electron chi connectivity index (χ3n) is 2.38. The van der Waals surface area contributed by atoms with Gasteiger partial charge in [0.2, 0.25) is 10.0 Å². The van der Waals surface area contributed by atoms with Crippen LogP contribution in [0.2, 0.25) is 0 Å². The van der Waals surface area contributed by atoms with Crippen molar-refractivity contribution in [1.82, 2.24) is 9.29 Å². The molecular formula is C11H16N4O2S. The van der Waals surface area contributed by atoms with Gasteiger partial charge in [-0.05, 0) is 13.0 Å². The first-order valence-electron chi connectivity index (χ1n) is 5.55. The van der Waals surface area contributed by atoms with Crippen LogP contribution in [-0.4, -0.2) is 37.8 Å². The highest BCUT2D eigenvalue weighted by Gasteiger charge is 2.23. The minimum Gasteiger partial charge on any atom is -0.384 e. The molecule has 0 aliphatic carbocycles. The first kappa shape index (κ1) is 14.4. The van der Waals surface area contributed by atoms with Gasteiger partial charge in [0.25, 0.3) is 0 Å². The second kappa shape index (κ2) is 6.33. The normalized spacial score (nSPS) is 11.2. The van der Waals surface area contributed by atoms with E-state index in [9.17, 15) is 8.42 Å². The Morgan fingerprint density at radius 1 is 1.56 bits per heavy atom. The van der Waals surface area contributed by atoms with Crippen LogP contribution in [0.1, 0.15) is 13.3 Å². The molecule has 0 saturated carbocycles. The molecule has 1 rings (SSSR count). The fourth-order valence-electron chi connectivity index (χ4n) is 1.42. The number of hydrogen-bond donors (Lipinski definition) is 1. The highest BCUT2D eigenvalue weighted by atomic mass is 32.2. The number of nitrogens with one attached hydrogen (secondary N) is 1. The maximum Gasteiger partial charge on any atom is 0.246 e. The molecule has 0 radical (unpaired) electrons. The maximum atomic E-state index is 12.3. The molecule has 0 saturated heterocycles. The molecule has 1 aromatic rings. The van der Waals surface area contributed by atoms with E-state index in [1.165, 1.54) is 19.4 Å². The van der Waals surface area contributed by atoms with Gasteiger partial charge in [-0.3, -0.25) is 4.98 Å². The first-order valence-corrected chi connectivity index (χ1v) is 6.99. The van der Waals surface area contributed by atoms with Crippen molar-refractivity contribution >= 4 is 15.7 Å². The van der Waals surface area contributed by atoms with Gasteiger partial charge in [0.1, 0.15) is 4.90 Å². The lowest BCUT2D eigenvalue weighted by Crippen LogP contribution is -2.28. The Balaban J connectivity index is 3.08. The van der Waals surface area contributed by atoms with Crippen LogP contribution in [0.5, 0.6) is 0 Å². The molecule has 18 heavy (non-hydrogen) atoms. The fourth-order valence-corrected chi connectivity index (χ4v) is 2.70. The molecule has 6 nitrogen and oxygen atoms in total. The van der Waals surface area contributed by atoms with Crippen LogP contribution in [0.3, 0.4) is 0 Å². The van der Waals surface area contributed by atoms with E-state index in [4.69, 9.17) is 5.26 Å². The quantitative estimate of drug-likeness (QED) is 0.833. The molecule has 1 heterocycles. The van der Waals surface area contributed by atoms with E-state index in [1.54, 1.807) is 6.07 Å². The summed E-state index contributed by atoms with van der Waals surface area (Å²) in [5, 5.41) is 11.5. The summed E-state index contributed by atoms with van der Waals surface area (Å²) >= 11 is 0.